The highest BCUT2D eigenvalue weighted by atomic mass is 32.2. The molecule has 2 unspecified atom stereocenters. The van der Waals surface area contributed by atoms with Crippen LogP contribution >= 0.6 is 46.2 Å². The maximum atomic E-state index is 2.37. The Balaban J connectivity index is 1.97. The standard InChI is InChI=1S/C18H26S4/c1-5-7-13(3)21-15-9-17(19-11-15)18-10-16(12-20-18)22-14(4)8-6-2/h9-14H,5-8H2,1-4H3. The van der Waals surface area contributed by atoms with E-state index in [1.54, 1.807) is 0 Å². The highest BCUT2D eigenvalue weighted by Gasteiger charge is 2.11. The number of hydrogen-bond donors (Lipinski definition) is 0. The first-order valence-corrected chi connectivity index (χ1v) is 11.6. The number of thiophene rings is 2. The molecule has 0 nitrogen and oxygen atoms in total. The summed E-state index contributed by atoms with van der Waals surface area (Å²) in [6.07, 6.45) is 5.13. The number of thioether (sulfide) groups is 2. The zero-order chi connectivity index (χ0) is 15.9. The van der Waals surface area contributed by atoms with Crippen LogP contribution < -0.4 is 0 Å². The smallest absolute Gasteiger partial charge is 0.0454 e. The van der Waals surface area contributed by atoms with E-state index in [-0.39, 0.29) is 0 Å². The lowest BCUT2D eigenvalue weighted by Crippen LogP contribution is -1.93. The van der Waals surface area contributed by atoms with E-state index in [9.17, 15) is 0 Å². The van der Waals surface area contributed by atoms with Crippen molar-refractivity contribution in [2.24, 2.45) is 0 Å². The maximum absolute atomic E-state index is 2.37. The Morgan fingerprint density at radius 1 is 0.818 bits per heavy atom. The average molecular weight is 371 g/mol. The summed E-state index contributed by atoms with van der Waals surface area (Å²) >= 11 is 7.81. The highest BCUT2D eigenvalue weighted by Crippen LogP contribution is 2.40. The normalized spacial score (nSPS) is 14.2. The minimum absolute atomic E-state index is 0.719. The van der Waals surface area contributed by atoms with Crippen molar-refractivity contribution in [1.29, 1.82) is 0 Å². The second-order valence-corrected chi connectivity index (χ2v) is 10.6. The average Bonchev–Trinajstić information content (AvgIpc) is 3.08. The Kier molecular flexibility index (Phi) is 7.89. The molecule has 0 aliphatic rings. The summed E-state index contributed by atoms with van der Waals surface area (Å²) in [5.41, 5.74) is 0. The van der Waals surface area contributed by atoms with Gasteiger partial charge in [0.1, 0.15) is 0 Å². The molecule has 2 aromatic rings. The molecule has 0 aromatic carbocycles. The van der Waals surface area contributed by atoms with E-state index < -0.39 is 0 Å². The predicted octanol–water partition coefficient (Wildman–Crippen LogP) is 8.04. The molecule has 0 aliphatic heterocycles. The molecular formula is C18H26S4. The van der Waals surface area contributed by atoms with Crippen LogP contribution in [-0.2, 0) is 0 Å². The summed E-state index contributed by atoms with van der Waals surface area (Å²) in [6, 6.07) is 4.74. The van der Waals surface area contributed by atoms with Gasteiger partial charge in [0, 0.05) is 40.8 Å². The van der Waals surface area contributed by atoms with Crippen LogP contribution in [0.1, 0.15) is 53.4 Å². The molecule has 0 radical (unpaired) electrons. The lowest BCUT2D eigenvalue weighted by atomic mass is 10.3. The van der Waals surface area contributed by atoms with Gasteiger partial charge in [-0.2, -0.15) is 0 Å². The highest BCUT2D eigenvalue weighted by molar-refractivity contribution is 8.00. The molecule has 0 fully saturated rings. The second kappa shape index (κ2) is 9.41. The van der Waals surface area contributed by atoms with Gasteiger partial charge in [0.05, 0.1) is 0 Å². The molecule has 22 heavy (non-hydrogen) atoms. The molecular weight excluding hydrogens is 344 g/mol. The third-order valence-electron chi connectivity index (χ3n) is 3.46. The molecule has 2 rings (SSSR count). The molecule has 0 saturated carbocycles. The van der Waals surface area contributed by atoms with Crippen LogP contribution in [-0.4, -0.2) is 10.5 Å². The van der Waals surface area contributed by atoms with Gasteiger partial charge < -0.3 is 0 Å². The van der Waals surface area contributed by atoms with Gasteiger partial charge in [-0.15, -0.1) is 46.2 Å². The lowest BCUT2D eigenvalue weighted by Gasteiger charge is -2.07. The first-order chi connectivity index (χ1) is 10.6. The Hall–Kier alpha value is 0.1000. The molecule has 0 bridgehead atoms. The topological polar surface area (TPSA) is 0 Å². The largest absolute Gasteiger partial charge is 0.142 e. The number of rotatable bonds is 9. The molecule has 4 heteroatoms. The summed E-state index contributed by atoms with van der Waals surface area (Å²) < 4.78 is 0. The van der Waals surface area contributed by atoms with Crippen molar-refractivity contribution in [2.75, 3.05) is 0 Å². The van der Waals surface area contributed by atoms with E-state index in [0.717, 1.165) is 10.5 Å². The fraction of sp³-hybridized carbons (Fsp3) is 0.556. The third-order valence-corrected chi connectivity index (χ3v) is 8.11. The molecule has 0 amide bonds. The van der Waals surface area contributed by atoms with Crippen LogP contribution in [0.25, 0.3) is 9.75 Å². The van der Waals surface area contributed by atoms with Gasteiger partial charge in [-0.05, 0) is 25.0 Å². The quantitative estimate of drug-likeness (QED) is 0.410. The van der Waals surface area contributed by atoms with Gasteiger partial charge in [0.15, 0.2) is 0 Å². The van der Waals surface area contributed by atoms with E-state index >= 15 is 0 Å². The summed E-state index contributed by atoms with van der Waals surface area (Å²) in [7, 11) is 0. The summed E-state index contributed by atoms with van der Waals surface area (Å²) in [4.78, 5) is 5.71. The molecule has 0 saturated heterocycles. The first kappa shape index (κ1) is 18.4. The van der Waals surface area contributed by atoms with E-state index in [0.29, 0.717) is 0 Å². The fourth-order valence-corrected chi connectivity index (χ4v) is 6.96. The van der Waals surface area contributed by atoms with Crippen molar-refractivity contribution in [3.63, 3.8) is 0 Å². The molecule has 2 aromatic heterocycles. The maximum Gasteiger partial charge on any atom is 0.0454 e. The van der Waals surface area contributed by atoms with Gasteiger partial charge in [-0.1, -0.05) is 40.5 Å². The van der Waals surface area contributed by atoms with Gasteiger partial charge in [-0.3, -0.25) is 0 Å². The van der Waals surface area contributed by atoms with Crippen molar-refractivity contribution in [2.45, 2.75) is 73.7 Å². The number of hydrogen-bond acceptors (Lipinski definition) is 4. The summed E-state index contributed by atoms with van der Waals surface area (Å²) in [5.74, 6) is 0. The molecule has 2 atom stereocenters. The van der Waals surface area contributed by atoms with Crippen LogP contribution in [0.4, 0.5) is 0 Å². The molecule has 0 aliphatic carbocycles. The van der Waals surface area contributed by atoms with Crippen molar-refractivity contribution in [1.82, 2.24) is 0 Å². The van der Waals surface area contributed by atoms with Crippen LogP contribution in [0, 0.1) is 0 Å². The van der Waals surface area contributed by atoms with Crippen LogP contribution in [0.2, 0.25) is 0 Å². The molecule has 2 heterocycles. The van der Waals surface area contributed by atoms with Crippen molar-refractivity contribution >= 4 is 46.2 Å². The predicted molar refractivity (Wildman–Crippen MR) is 108 cm³/mol. The van der Waals surface area contributed by atoms with Crippen LogP contribution in [0.15, 0.2) is 32.7 Å². The first-order valence-electron chi connectivity index (χ1n) is 8.13. The Morgan fingerprint density at radius 2 is 1.23 bits per heavy atom. The Bertz CT molecular complexity index is 505. The fourth-order valence-electron chi connectivity index (χ4n) is 2.42. The van der Waals surface area contributed by atoms with Crippen LogP contribution in [0.5, 0.6) is 0 Å². The zero-order valence-electron chi connectivity index (χ0n) is 13.9. The van der Waals surface area contributed by atoms with Gasteiger partial charge in [-0.25, -0.2) is 0 Å². The van der Waals surface area contributed by atoms with Crippen molar-refractivity contribution in [3.8, 4) is 9.75 Å². The minimum Gasteiger partial charge on any atom is -0.142 e. The molecule has 0 spiro atoms. The van der Waals surface area contributed by atoms with Gasteiger partial charge in [0.2, 0.25) is 0 Å². The zero-order valence-corrected chi connectivity index (χ0v) is 17.2. The van der Waals surface area contributed by atoms with Gasteiger partial charge >= 0.3 is 0 Å². The van der Waals surface area contributed by atoms with Crippen molar-refractivity contribution < 1.29 is 0 Å². The summed E-state index contributed by atoms with van der Waals surface area (Å²) in [6.45, 7) is 9.20. The minimum atomic E-state index is 0.719. The van der Waals surface area contributed by atoms with Crippen LogP contribution in [0.3, 0.4) is 0 Å². The Morgan fingerprint density at radius 3 is 1.59 bits per heavy atom. The SMILES string of the molecule is CCCC(C)Sc1csc(-c2cc(SC(C)CCC)cs2)c1. The van der Waals surface area contributed by atoms with E-state index in [4.69, 9.17) is 0 Å². The second-order valence-electron chi connectivity index (χ2n) is 5.73. The molecule has 0 N–H and O–H groups in total. The van der Waals surface area contributed by atoms with E-state index in [2.05, 4.69) is 50.6 Å². The van der Waals surface area contributed by atoms with Crippen molar-refractivity contribution in [3.05, 3.63) is 22.9 Å². The third kappa shape index (κ3) is 5.63. The van der Waals surface area contributed by atoms with E-state index in [1.807, 2.05) is 46.2 Å². The van der Waals surface area contributed by atoms with E-state index in [1.165, 1.54) is 45.2 Å². The monoisotopic (exact) mass is 370 g/mol. The Labute approximate surface area is 152 Å². The lowest BCUT2D eigenvalue weighted by molar-refractivity contribution is 0.787. The summed E-state index contributed by atoms with van der Waals surface area (Å²) in [5, 5.41) is 6.07. The molecule has 122 valence electrons. The van der Waals surface area contributed by atoms with Gasteiger partial charge in [0.25, 0.3) is 0 Å².